The number of likely N-dealkylation sites (N-methyl/N-ethyl adjacent to an activating group) is 1. The van der Waals surface area contributed by atoms with E-state index in [1.54, 1.807) is 4.68 Å². The van der Waals surface area contributed by atoms with Crippen LogP contribution in [0.15, 0.2) is 17.3 Å². The van der Waals surface area contributed by atoms with Gasteiger partial charge in [0, 0.05) is 25.3 Å². The fraction of sp³-hybridized carbons (Fsp3) is 0.727. The van der Waals surface area contributed by atoms with Crippen LogP contribution in [-0.4, -0.2) is 56.3 Å². The molecule has 0 amide bonds. The topological polar surface area (TPSA) is 93.2 Å². The lowest BCUT2D eigenvalue weighted by atomic mass is 10.3. The fourth-order valence-electron chi connectivity index (χ4n) is 1.78. The standard InChI is InChI=1S/C11H23N5O2S/c1-10(8-15(2)3)14-19(17,18)11-7-13-16(9-11)6-4-5-12/h7,9-10,14H,4-6,8,12H2,1-3H3. The maximum absolute atomic E-state index is 12.1. The minimum absolute atomic E-state index is 0.160. The Bertz CT molecular complexity index is 483. The summed E-state index contributed by atoms with van der Waals surface area (Å²) in [5, 5.41) is 4.02. The first-order valence-electron chi connectivity index (χ1n) is 6.24. The lowest BCUT2D eigenvalue weighted by molar-refractivity contribution is 0.370. The highest BCUT2D eigenvalue weighted by Crippen LogP contribution is 2.08. The number of hydrogen-bond donors (Lipinski definition) is 2. The Morgan fingerprint density at radius 2 is 2.21 bits per heavy atom. The van der Waals surface area contributed by atoms with Gasteiger partial charge in [-0.25, -0.2) is 13.1 Å². The molecule has 0 saturated carbocycles. The largest absolute Gasteiger partial charge is 0.330 e. The summed E-state index contributed by atoms with van der Waals surface area (Å²) in [4.78, 5) is 2.12. The van der Waals surface area contributed by atoms with Crippen molar-refractivity contribution in [1.29, 1.82) is 0 Å². The summed E-state index contributed by atoms with van der Waals surface area (Å²) in [5.41, 5.74) is 5.40. The molecule has 0 aliphatic carbocycles. The molecule has 19 heavy (non-hydrogen) atoms. The number of hydrogen-bond acceptors (Lipinski definition) is 5. The fourth-order valence-corrected chi connectivity index (χ4v) is 2.96. The van der Waals surface area contributed by atoms with Crippen LogP contribution in [0.3, 0.4) is 0 Å². The van der Waals surface area contributed by atoms with Crippen LogP contribution in [-0.2, 0) is 16.6 Å². The first-order valence-corrected chi connectivity index (χ1v) is 7.73. The van der Waals surface area contributed by atoms with E-state index in [9.17, 15) is 8.42 Å². The van der Waals surface area contributed by atoms with E-state index in [0.29, 0.717) is 19.6 Å². The van der Waals surface area contributed by atoms with Gasteiger partial charge >= 0.3 is 0 Å². The van der Waals surface area contributed by atoms with Crippen LogP contribution in [0.5, 0.6) is 0 Å². The third-order valence-corrected chi connectivity index (χ3v) is 4.05. The highest BCUT2D eigenvalue weighted by atomic mass is 32.2. The molecule has 3 N–H and O–H groups in total. The highest BCUT2D eigenvalue weighted by Gasteiger charge is 2.19. The smallest absolute Gasteiger partial charge is 0.243 e. The van der Waals surface area contributed by atoms with E-state index < -0.39 is 10.0 Å². The van der Waals surface area contributed by atoms with Crippen LogP contribution in [0.2, 0.25) is 0 Å². The second-order valence-electron chi connectivity index (χ2n) is 4.87. The summed E-state index contributed by atoms with van der Waals surface area (Å²) < 4.78 is 28.4. The monoisotopic (exact) mass is 289 g/mol. The second-order valence-corrected chi connectivity index (χ2v) is 6.58. The van der Waals surface area contributed by atoms with Crippen molar-refractivity contribution in [3.63, 3.8) is 0 Å². The summed E-state index contributed by atoms with van der Waals surface area (Å²) >= 11 is 0. The van der Waals surface area contributed by atoms with Gasteiger partial charge in [0.15, 0.2) is 0 Å². The molecule has 1 aromatic heterocycles. The molecule has 0 fully saturated rings. The van der Waals surface area contributed by atoms with Crippen molar-refractivity contribution < 1.29 is 8.42 Å². The van der Waals surface area contributed by atoms with E-state index >= 15 is 0 Å². The molecular formula is C11H23N5O2S. The third kappa shape index (κ3) is 5.27. The molecule has 0 bridgehead atoms. The van der Waals surface area contributed by atoms with Crippen LogP contribution in [0.25, 0.3) is 0 Å². The molecule has 0 aliphatic heterocycles. The summed E-state index contributed by atoms with van der Waals surface area (Å²) in [7, 11) is 0.296. The summed E-state index contributed by atoms with van der Waals surface area (Å²) in [6, 6.07) is -0.160. The van der Waals surface area contributed by atoms with Crippen LogP contribution in [0.4, 0.5) is 0 Å². The summed E-state index contributed by atoms with van der Waals surface area (Å²) in [5.74, 6) is 0. The number of aryl methyl sites for hydroxylation is 1. The van der Waals surface area contributed by atoms with Gasteiger partial charge in [-0.3, -0.25) is 4.68 Å². The molecule has 1 aromatic rings. The molecule has 0 spiro atoms. The molecule has 1 unspecified atom stereocenters. The maximum Gasteiger partial charge on any atom is 0.243 e. The van der Waals surface area contributed by atoms with Crippen LogP contribution < -0.4 is 10.5 Å². The van der Waals surface area contributed by atoms with Gasteiger partial charge in [-0.05, 0) is 34.0 Å². The van der Waals surface area contributed by atoms with E-state index in [4.69, 9.17) is 5.73 Å². The lowest BCUT2D eigenvalue weighted by Gasteiger charge is -2.17. The number of nitrogens with one attached hydrogen (secondary N) is 1. The molecule has 1 heterocycles. The summed E-state index contributed by atoms with van der Waals surface area (Å²) in [6.07, 6.45) is 3.66. The van der Waals surface area contributed by atoms with Gasteiger partial charge in [0.25, 0.3) is 0 Å². The minimum atomic E-state index is -3.50. The first-order chi connectivity index (χ1) is 8.85. The SMILES string of the molecule is CC(CN(C)C)NS(=O)(=O)c1cnn(CCCN)c1. The van der Waals surface area contributed by atoms with E-state index in [2.05, 4.69) is 9.82 Å². The quantitative estimate of drug-likeness (QED) is 0.670. The van der Waals surface area contributed by atoms with Gasteiger partial charge in [-0.2, -0.15) is 5.10 Å². The van der Waals surface area contributed by atoms with Crippen molar-refractivity contribution in [2.75, 3.05) is 27.2 Å². The maximum atomic E-state index is 12.1. The Labute approximate surface area is 114 Å². The number of sulfonamides is 1. The second kappa shape index (κ2) is 6.99. The molecule has 7 nitrogen and oxygen atoms in total. The van der Waals surface area contributed by atoms with Crippen molar-refractivity contribution >= 4 is 10.0 Å². The first kappa shape index (κ1) is 16.1. The molecule has 0 aromatic carbocycles. The van der Waals surface area contributed by atoms with Gasteiger partial charge in [0.1, 0.15) is 4.90 Å². The van der Waals surface area contributed by atoms with Crippen molar-refractivity contribution in [1.82, 2.24) is 19.4 Å². The zero-order valence-corrected chi connectivity index (χ0v) is 12.5. The number of nitrogens with zero attached hydrogens (tertiary/aromatic N) is 3. The predicted molar refractivity (Wildman–Crippen MR) is 74.2 cm³/mol. The van der Waals surface area contributed by atoms with Gasteiger partial charge in [0.05, 0.1) is 6.20 Å². The molecule has 1 atom stereocenters. The van der Waals surface area contributed by atoms with Gasteiger partial charge < -0.3 is 10.6 Å². The van der Waals surface area contributed by atoms with Crippen LogP contribution >= 0.6 is 0 Å². The Kier molecular flexibility index (Phi) is 5.92. The molecule has 0 radical (unpaired) electrons. The molecule has 8 heteroatoms. The van der Waals surface area contributed by atoms with E-state index in [1.165, 1.54) is 12.4 Å². The zero-order chi connectivity index (χ0) is 14.5. The average molecular weight is 289 g/mol. The Balaban J connectivity index is 2.69. The lowest BCUT2D eigenvalue weighted by Crippen LogP contribution is -2.39. The van der Waals surface area contributed by atoms with Crippen molar-refractivity contribution in [3.05, 3.63) is 12.4 Å². The number of nitrogens with two attached hydrogens (primary N) is 1. The Morgan fingerprint density at radius 3 is 2.79 bits per heavy atom. The van der Waals surface area contributed by atoms with E-state index in [0.717, 1.165) is 6.42 Å². The van der Waals surface area contributed by atoms with Gasteiger partial charge in [-0.15, -0.1) is 0 Å². The zero-order valence-electron chi connectivity index (χ0n) is 11.7. The van der Waals surface area contributed by atoms with Crippen molar-refractivity contribution in [2.45, 2.75) is 30.8 Å². The van der Waals surface area contributed by atoms with Crippen LogP contribution in [0, 0.1) is 0 Å². The van der Waals surface area contributed by atoms with E-state index in [1.807, 2.05) is 25.9 Å². The molecule has 0 saturated heterocycles. The number of rotatable bonds is 8. The van der Waals surface area contributed by atoms with Crippen molar-refractivity contribution in [2.24, 2.45) is 5.73 Å². The Morgan fingerprint density at radius 1 is 1.53 bits per heavy atom. The van der Waals surface area contributed by atoms with E-state index in [-0.39, 0.29) is 10.9 Å². The summed E-state index contributed by atoms with van der Waals surface area (Å²) in [6.45, 7) is 3.65. The molecule has 1 rings (SSSR count). The average Bonchev–Trinajstić information content (AvgIpc) is 2.73. The third-order valence-electron chi connectivity index (χ3n) is 2.51. The molecule has 0 aliphatic rings. The normalized spacial score (nSPS) is 13.9. The highest BCUT2D eigenvalue weighted by molar-refractivity contribution is 7.89. The van der Waals surface area contributed by atoms with Gasteiger partial charge in [0.2, 0.25) is 10.0 Å². The molecule has 110 valence electrons. The predicted octanol–water partition coefficient (Wildman–Crippen LogP) is -0.540. The van der Waals surface area contributed by atoms with Crippen LogP contribution in [0.1, 0.15) is 13.3 Å². The number of aromatic nitrogens is 2. The molecular weight excluding hydrogens is 266 g/mol. The minimum Gasteiger partial charge on any atom is -0.330 e. The van der Waals surface area contributed by atoms with Crippen molar-refractivity contribution in [3.8, 4) is 0 Å². The van der Waals surface area contributed by atoms with Gasteiger partial charge in [-0.1, -0.05) is 0 Å². The Hall–Kier alpha value is -0.960.